The van der Waals surface area contributed by atoms with Crippen molar-refractivity contribution in [2.75, 3.05) is 7.11 Å². The van der Waals surface area contributed by atoms with Crippen LogP contribution in [0.3, 0.4) is 0 Å². The van der Waals surface area contributed by atoms with Crippen LogP contribution < -0.4 is 16.0 Å². The van der Waals surface area contributed by atoms with Gasteiger partial charge in [0.1, 0.15) is 12.3 Å². The van der Waals surface area contributed by atoms with Crippen molar-refractivity contribution in [3.8, 4) is 5.75 Å². The number of nitrogens with one attached hydrogen (secondary N) is 1. The van der Waals surface area contributed by atoms with Crippen molar-refractivity contribution >= 4 is 16.9 Å². The largest absolute Gasteiger partial charge is 0.497 e. The maximum absolute atomic E-state index is 12.0. The monoisotopic (exact) mass is 250 g/mol. The van der Waals surface area contributed by atoms with E-state index < -0.39 is 23.8 Å². The minimum absolute atomic E-state index is 0.204. The number of methoxy groups -OCH3 is 1. The topological polar surface area (TPSA) is 101 Å². The molecule has 1 heterocycles. The van der Waals surface area contributed by atoms with Gasteiger partial charge in [-0.05, 0) is 18.2 Å². The Balaban J connectivity index is 2.78. The lowest BCUT2D eigenvalue weighted by atomic mass is 10.2. The molecule has 0 radical (unpaired) electrons. The Morgan fingerprint density at radius 3 is 2.78 bits per heavy atom. The van der Waals surface area contributed by atoms with Crippen molar-refractivity contribution in [2.45, 2.75) is 6.54 Å². The van der Waals surface area contributed by atoms with E-state index >= 15 is 0 Å². The Morgan fingerprint density at radius 2 is 2.17 bits per heavy atom. The SMILES string of the molecule is COc1ccc2[nH]c(=O)n(CC(=O)O)c(=O)c2c1. The second kappa shape index (κ2) is 4.36. The molecule has 0 aliphatic heterocycles. The van der Waals surface area contributed by atoms with Crippen LogP contribution in [0.5, 0.6) is 5.75 Å². The molecule has 0 fully saturated rings. The van der Waals surface area contributed by atoms with E-state index in [2.05, 4.69) is 4.98 Å². The summed E-state index contributed by atoms with van der Waals surface area (Å²) < 4.78 is 5.60. The first kappa shape index (κ1) is 11.9. The van der Waals surface area contributed by atoms with Crippen molar-refractivity contribution in [2.24, 2.45) is 0 Å². The van der Waals surface area contributed by atoms with Crippen LogP contribution in [0, 0.1) is 0 Å². The molecule has 7 heteroatoms. The van der Waals surface area contributed by atoms with Gasteiger partial charge >= 0.3 is 11.7 Å². The Kier molecular flexibility index (Phi) is 2.88. The first-order valence-electron chi connectivity index (χ1n) is 5.05. The molecule has 0 aliphatic rings. The summed E-state index contributed by atoms with van der Waals surface area (Å²) in [6.45, 7) is -0.679. The normalized spacial score (nSPS) is 10.5. The van der Waals surface area contributed by atoms with Gasteiger partial charge in [-0.2, -0.15) is 0 Å². The summed E-state index contributed by atoms with van der Waals surface area (Å²) in [7, 11) is 1.45. The summed E-state index contributed by atoms with van der Waals surface area (Å²) in [4.78, 5) is 36.6. The average molecular weight is 250 g/mol. The first-order chi connectivity index (χ1) is 8.52. The van der Waals surface area contributed by atoms with Crippen LogP contribution >= 0.6 is 0 Å². The Morgan fingerprint density at radius 1 is 1.44 bits per heavy atom. The number of rotatable bonds is 3. The van der Waals surface area contributed by atoms with E-state index in [9.17, 15) is 14.4 Å². The lowest BCUT2D eigenvalue weighted by Crippen LogP contribution is -2.37. The number of nitrogens with zero attached hydrogens (tertiary/aromatic N) is 1. The highest BCUT2D eigenvalue weighted by Gasteiger charge is 2.10. The summed E-state index contributed by atoms with van der Waals surface area (Å²) in [5, 5.41) is 8.86. The van der Waals surface area contributed by atoms with E-state index in [1.54, 1.807) is 6.07 Å². The summed E-state index contributed by atoms with van der Waals surface area (Å²) >= 11 is 0. The van der Waals surface area contributed by atoms with Gasteiger partial charge in [0.2, 0.25) is 0 Å². The van der Waals surface area contributed by atoms with Gasteiger partial charge < -0.3 is 14.8 Å². The predicted octanol–water partition coefficient (Wildman–Crippen LogP) is -0.217. The van der Waals surface area contributed by atoms with Gasteiger partial charge in [0, 0.05) is 0 Å². The Bertz CT molecular complexity index is 728. The van der Waals surface area contributed by atoms with Gasteiger partial charge in [-0.15, -0.1) is 0 Å². The summed E-state index contributed by atoms with van der Waals surface area (Å²) in [5.74, 6) is -0.807. The fraction of sp³-hybridized carbons (Fsp3) is 0.182. The molecule has 1 aromatic heterocycles. The quantitative estimate of drug-likeness (QED) is 0.784. The summed E-state index contributed by atoms with van der Waals surface area (Å²) in [6, 6.07) is 4.58. The lowest BCUT2D eigenvalue weighted by molar-refractivity contribution is -0.137. The second-order valence-electron chi connectivity index (χ2n) is 3.63. The number of aliphatic carboxylic acids is 1. The van der Waals surface area contributed by atoms with E-state index in [0.29, 0.717) is 15.8 Å². The summed E-state index contributed by atoms with van der Waals surface area (Å²) in [5.41, 5.74) is -1.07. The molecule has 0 aliphatic carbocycles. The van der Waals surface area contributed by atoms with Gasteiger partial charge in [-0.1, -0.05) is 0 Å². The zero-order valence-electron chi connectivity index (χ0n) is 9.47. The standard InChI is InChI=1S/C11H10N2O5/c1-18-6-2-3-8-7(4-6)10(16)13(5-9(14)15)11(17)12-8/h2-4H,5H2,1H3,(H,12,17)(H,14,15). The van der Waals surface area contributed by atoms with Gasteiger partial charge in [0.15, 0.2) is 0 Å². The Hall–Kier alpha value is -2.57. The molecule has 0 saturated heterocycles. The molecule has 18 heavy (non-hydrogen) atoms. The number of benzene rings is 1. The number of fused-ring (bicyclic) bond motifs is 1. The van der Waals surface area contributed by atoms with Crippen LogP contribution in [-0.4, -0.2) is 27.7 Å². The molecule has 2 N–H and O–H groups in total. The number of ether oxygens (including phenoxy) is 1. The smallest absolute Gasteiger partial charge is 0.329 e. The third-order valence-corrected chi connectivity index (χ3v) is 2.48. The van der Waals surface area contributed by atoms with Gasteiger partial charge in [-0.3, -0.25) is 9.59 Å². The van der Waals surface area contributed by atoms with Crippen molar-refractivity contribution < 1.29 is 14.6 Å². The maximum atomic E-state index is 12.0. The zero-order chi connectivity index (χ0) is 13.3. The number of carboxylic acid groups (broad SMARTS) is 1. The highest BCUT2D eigenvalue weighted by atomic mass is 16.5. The first-order valence-corrected chi connectivity index (χ1v) is 5.05. The average Bonchev–Trinajstić information content (AvgIpc) is 2.34. The molecule has 7 nitrogen and oxygen atoms in total. The van der Waals surface area contributed by atoms with E-state index in [1.807, 2.05) is 0 Å². The van der Waals surface area contributed by atoms with E-state index in [0.717, 1.165) is 0 Å². The Labute approximate surface area is 100 Å². The van der Waals surface area contributed by atoms with Crippen LogP contribution in [0.1, 0.15) is 0 Å². The van der Waals surface area contributed by atoms with E-state index in [1.165, 1.54) is 19.2 Å². The molecule has 0 amide bonds. The van der Waals surface area contributed by atoms with Crippen molar-refractivity contribution in [1.82, 2.24) is 9.55 Å². The van der Waals surface area contributed by atoms with Crippen LogP contribution in [0.2, 0.25) is 0 Å². The fourth-order valence-corrected chi connectivity index (χ4v) is 1.64. The lowest BCUT2D eigenvalue weighted by Gasteiger charge is -2.05. The van der Waals surface area contributed by atoms with Gasteiger partial charge in [-0.25, -0.2) is 9.36 Å². The zero-order valence-corrected chi connectivity index (χ0v) is 9.47. The molecule has 0 unspecified atom stereocenters. The molecule has 0 atom stereocenters. The van der Waals surface area contributed by atoms with Crippen molar-refractivity contribution in [1.29, 1.82) is 0 Å². The summed E-state index contributed by atoms with van der Waals surface area (Å²) in [6.07, 6.45) is 0. The van der Waals surface area contributed by atoms with Crippen molar-refractivity contribution in [3.05, 3.63) is 39.0 Å². The van der Waals surface area contributed by atoms with Crippen LogP contribution in [0.15, 0.2) is 27.8 Å². The van der Waals surface area contributed by atoms with Crippen molar-refractivity contribution in [3.63, 3.8) is 0 Å². The molecule has 94 valence electrons. The number of aromatic nitrogens is 2. The molecule has 2 aromatic rings. The molecule has 0 saturated carbocycles. The molecular weight excluding hydrogens is 240 g/mol. The molecular formula is C11H10N2O5. The van der Waals surface area contributed by atoms with Gasteiger partial charge in [0.25, 0.3) is 5.56 Å². The highest BCUT2D eigenvalue weighted by molar-refractivity contribution is 5.79. The maximum Gasteiger partial charge on any atom is 0.329 e. The van der Waals surface area contributed by atoms with E-state index in [-0.39, 0.29) is 5.39 Å². The number of carboxylic acids is 1. The second-order valence-corrected chi connectivity index (χ2v) is 3.63. The number of hydrogen-bond acceptors (Lipinski definition) is 4. The third-order valence-electron chi connectivity index (χ3n) is 2.48. The molecule has 1 aromatic carbocycles. The molecule has 0 bridgehead atoms. The fourth-order valence-electron chi connectivity index (χ4n) is 1.64. The number of carbonyl (C=O) groups is 1. The number of H-pyrrole nitrogens is 1. The van der Waals surface area contributed by atoms with Crippen LogP contribution in [-0.2, 0) is 11.3 Å². The molecule has 2 rings (SSSR count). The minimum Gasteiger partial charge on any atom is -0.497 e. The highest BCUT2D eigenvalue weighted by Crippen LogP contribution is 2.14. The third kappa shape index (κ3) is 1.97. The number of hydrogen-bond donors (Lipinski definition) is 2. The predicted molar refractivity (Wildman–Crippen MR) is 63.0 cm³/mol. The van der Waals surface area contributed by atoms with Crippen LogP contribution in [0.25, 0.3) is 10.9 Å². The van der Waals surface area contributed by atoms with Crippen LogP contribution in [0.4, 0.5) is 0 Å². The molecule has 0 spiro atoms. The minimum atomic E-state index is -1.26. The van der Waals surface area contributed by atoms with Gasteiger partial charge in [0.05, 0.1) is 18.0 Å². The van der Waals surface area contributed by atoms with E-state index in [4.69, 9.17) is 9.84 Å². The number of aromatic amines is 1.